The normalized spacial score (nSPS) is 10.0. The summed E-state index contributed by atoms with van der Waals surface area (Å²) in [5.74, 6) is 1.26. The van der Waals surface area contributed by atoms with Gasteiger partial charge in [0.05, 0.1) is 17.5 Å². The quantitative estimate of drug-likeness (QED) is 0.762. The Labute approximate surface area is 98.9 Å². The monoisotopic (exact) mass is 231 g/mol. The number of nitriles is 1. The zero-order valence-corrected chi connectivity index (χ0v) is 9.35. The van der Waals surface area contributed by atoms with Crippen LogP contribution in [0.15, 0.2) is 36.7 Å². The Morgan fingerprint density at radius 2 is 2.06 bits per heavy atom. The van der Waals surface area contributed by atoms with Crippen molar-refractivity contribution in [3.05, 3.63) is 53.6 Å². The van der Waals surface area contributed by atoms with Gasteiger partial charge in [0, 0.05) is 18.9 Å². The predicted molar refractivity (Wildman–Crippen MR) is 62.0 cm³/mol. The molecule has 4 heteroatoms. The van der Waals surface area contributed by atoms with Gasteiger partial charge in [0.15, 0.2) is 0 Å². The molecule has 0 atom stereocenters. The van der Waals surface area contributed by atoms with E-state index in [-0.39, 0.29) is 0 Å². The molecule has 0 unspecified atom stereocenters. The lowest BCUT2D eigenvalue weighted by molar-refractivity contribution is 0.755. The van der Waals surface area contributed by atoms with E-state index in [0.717, 1.165) is 17.9 Å². The lowest BCUT2D eigenvalue weighted by Crippen LogP contribution is -2.02. The van der Waals surface area contributed by atoms with Crippen LogP contribution < -0.4 is 0 Å². The van der Waals surface area contributed by atoms with Gasteiger partial charge in [-0.1, -0.05) is 12.1 Å². The SMILES string of the molecule is N#Cc1ccc(Cn2ccnc2CCl)cc1. The molecule has 80 valence electrons. The van der Waals surface area contributed by atoms with E-state index in [4.69, 9.17) is 16.9 Å². The second-order valence-electron chi connectivity index (χ2n) is 3.41. The van der Waals surface area contributed by atoms with Crippen molar-refractivity contribution in [3.8, 4) is 6.07 Å². The number of alkyl halides is 1. The number of hydrogen-bond donors (Lipinski definition) is 0. The van der Waals surface area contributed by atoms with Gasteiger partial charge >= 0.3 is 0 Å². The van der Waals surface area contributed by atoms with Gasteiger partial charge in [0.2, 0.25) is 0 Å². The fourth-order valence-corrected chi connectivity index (χ4v) is 1.72. The molecule has 1 aromatic heterocycles. The summed E-state index contributed by atoms with van der Waals surface area (Å²) in [6.07, 6.45) is 3.64. The summed E-state index contributed by atoms with van der Waals surface area (Å²) in [6.45, 7) is 0.730. The number of nitrogens with zero attached hydrogens (tertiary/aromatic N) is 3. The van der Waals surface area contributed by atoms with Crippen molar-refractivity contribution in [1.82, 2.24) is 9.55 Å². The van der Waals surface area contributed by atoms with Crippen molar-refractivity contribution in [1.29, 1.82) is 5.26 Å². The molecule has 0 saturated heterocycles. The first-order chi connectivity index (χ1) is 7.83. The van der Waals surface area contributed by atoms with Gasteiger partial charge in [0.25, 0.3) is 0 Å². The third kappa shape index (κ3) is 2.23. The molecular weight excluding hydrogens is 222 g/mol. The minimum absolute atomic E-state index is 0.406. The van der Waals surface area contributed by atoms with Crippen LogP contribution in [0.5, 0.6) is 0 Å². The Bertz CT molecular complexity index is 508. The summed E-state index contributed by atoms with van der Waals surface area (Å²) in [7, 11) is 0. The van der Waals surface area contributed by atoms with E-state index in [9.17, 15) is 0 Å². The molecule has 0 aliphatic rings. The molecule has 0 amide bonds. The summed E-state index contributed by atoms with van der Waals surface area (Å²) in [5, 5.41) is 8.68. The zero-order valence-electron chi connectivity index (χ0n) is 8.60. The van der Waals surface area contributed by atoms with E-state index in [1.54, 1.807) is 6.20 Å². The highest BCUT2D eigenvalue weighted by Crippen LogP contribution is 2.08. The standard InChI is InChI=1S/C12H10ClN3/c13-7-12-15-5-6-16(12)9-11-3-1-10(8-14)2-4-11/h1-6H,7,9H2. The maximum absolute atomic E-state index is 8.68. The van der Waals surface area contributed by atoms with Crippen LogP contribution in [0.2, 0.25) is 0 Å². The van der Waals surface area contributed by atoms with Gasteiger partial charge < -0.3 is 4.57 Å². The van der Waals surface area contributed by atoms with Gasteiger partial charge in [-0.25, -0.2) is 4.98 Å². The van der Waals surface area contributed by atoms with Gasteiger partial charge in [-0.05, 0) is 17.7 Å². The number of benzene rings is 1. The smallest absolute Gasteiger partial charge is 0.123 e. The van der Waals surface area contributed by atoms with Crippen molar-refractivity contribution >= 4 is 11.6 Å². The highest BCUT2D eigenvalue weighted by molar-refractivity contribution is 6.16. The maximum atomic E-state index is 8.68. The molecule has 0 radical (unpaired) electrons. The largest absolute Gasteiger partial charge is 0.330 e. The molecule has 3 nitrogen and oxygen atoms in total. The van der Waals surface area contributed by atoms with Crippen molar-refractivity contribution in [2.75, 3.05) is 0 Å². The second-order valence-corrected chi connectivity index (χ2v) is 3.68. The predicted octanol–water partition coefficient (Wildman–Crippen LogP) is 2.54. The Kier molecular flexibility index (Phi) is 3.23. The molecule has 1 aromatic carbocycles. The third-order valence-electron chi connectivity index (χ3n) is 2.36. The molecule has 0 saturated carbocycles. The first-order valence-corrected chi connectivity index (χ1v) is 5.42. The van der Waals surface area contributed by atoms with Crippen molar-refractivity contribution in [2.24, 2.45) is 0 Å². The molecule has 0 aliphatic carbocycles. The fourth-order valence-electron chi connectivity index (χ4n) is 1.50. The third-order valence-corrected chi connectivity index (χ3v) is 2.60. The number of halogens is 1. The van der Waals surface area contributed by atoms with E-state index in [2.05, 4.69) is 11.1 Å². The molecule has 0 aliphatic heterocycles. The molecule has 0 spiro atoms. The van der Waals surface area contributed by atoms with Crippen LogP contribution in [-0.4, -0.2) is 9.55 Å². The number of hydrogen-bond acceptors (Lipinski definition) is 2. The summed E-state index contributed by atoms with van der Waals surface area (Å²) < 4.78 is 1.99. The van der Waals surface area contributed by atoms with Crippen LogP contribution in [0.3, 0.4) is 0 Å². The van der Waals surface area contributed by atoms with E-state index >= 15 is 0 Å². The summed E-state index contributed by atoms with van der Waals surface area (Å²) in [4.78, 5) is 4.14. The molecule has 1 heterocycles. The highest BCUT2D eigenvalue weighted by Gasteiger charge is 2.01. The Hall–Kier alpha value is -1.79. The maximum Gasteiger partial charge on any atom is 0.123 e. The van der Waals surface area contributed by atoms with E-state index < -0.39 is 0 Å². The van der Waals surface area contributed by atoms with Crippen LogP contribution in [0, 0.1) is 11.3 Å². The average Bonchev–Trinajstić information content (AvgIpc) is 2.77. The van der Waals surface area contributed by atoms with Crippen LogP contribution >= 0.6 is 11.6 Å². The number of aromatic nitrogens is 2. The lowest BCUT2D eigenvalue weighted by Gasteiger charge is -2.05. The average molecular weight is 232 g/mol. The summed E-state index contributed by atoms with van der Waals surface area (Å²) in [5.41, 5.74) is 1.80. The Morgan fingerprint density at radius 3 is 2.69 bits per heavy atom. The zero-order chi connectivity index (χ0) is 11.4. The second kappa shape index (κ2) is 4.82. The molecule has 2 rings (SSSR count). The van der Waals surface area contributed by atoms with Gasteiger partial charge in [-0.2, -0.15) is 5.26 Å². The molecular formula is C12H10ClN3. The molecule has 0 fully saturated rings. The highest BCUT2D eigenvalue weighted by atomic mass is 35.5. The minimum Gasteiger partial charge on any atom is -0.330 e. The van der Waals surface area contributed by atoms with Crippen molar-refractivity contribution in [2.45, 2.75) is 12.4 Å². The van der Waals surface area contributed by atoms with Crippen LogP contribution in [0.25, 0.3) is 0 Å². The first-order valence-electron chi connectivity index (χ1n) is 4.88. The molecule has 0 bridgehead atoms. The molecule has 2 aromatic rings. The first kappa shape index (κ1) is 10.7. The summed E-state index contributed by atoms with van der Waals surface area (Å²) >= 11 is 5.76. The van der Waals surface area contributed by atoms with Gasteiger partial charge in [0.1, 0.15) is 5.82 Å². The van der Waals surface area contributed by atoms with Crippen LogP contribution in [0.1, 0.15) is 17.0 Å². The van der Waals surface area contributed by atoms with E-state index in [0.29, 0.717) is 11.4 Å². The van der Waals surface area contributed by atoms with Crippen molar-refractivity contribution < 1.29 is 0 Å². The molecule has 0 N–H and O–H groups in total. The Morgan fingerprint density at radius 1 is 1.31 bits per heavy atom. The number of rotatable bonds is 3. The Balaban J connectivity index is 2.18. The topological polar surface area (TPSA) is 41.6 Å². The van der Waals surface area contributed by atoms with E-state index in [1.165, 1.54) is 0 Å². The van der Waals surface area contributed by atoms with Crippen LogP contribution in [-0.2, 0) is 12.4 Å². The van der Waals surface area contributed by atoms with Crippen LogP contribution in [0.4, 0.5) is 0 Å². The lowest BCUT2D eigenvalue weighted by atomic mass is 10.1. The fraction of sp³-hybridized carbons (Fsp3) is 0.167. The number of imidazole rings is 1. The minimum atomic E-state index is 0.406. The van der Waals surface area contributed by atoms with E-state index in [1.807, 2.05) is 35.0 Å². The van der Waals surface area contributed by atoms with Gasteiger partial charge in [-0.3, -0.25) is 0 Å². The summed E-state index contributed by atoms with van der Waals surface area (Å²) in [6, 6.07) is 9.60. The van der Waals surface area contributed by atoms with Gasteiger partial charge in [-0.15, -0.1) is 11.6 Å². The van der Waals surface area contributed by atoms with Crippen molar-refractivity contribution in [3.63, 3.8) is 0 Å². The molecule has 16 heavy (non-hydrogen) atoms.